The number of amides is 1. The largest absolute Gasteiger partial charge is 0.324 e. The van der Waals surface area contributed by atoms with E-state index in [1.807, 2.05) is 6.07 Å². The van der Waals surface area contributed by atoms with Crippen molar-refractivity contribution in [2.45, 2.75) is 51.5 Å². The van der Waals surface area contributed by atoms with Crippen LogP contribution < -0.4 is 10.6 Å². The zero-order chi connectivity index (χ0) is 14.7. The van der Waals surface area contributed by atoms with E-state index >= 15 is 0 Å². The van der Waals surface area contributed by atoms with Crippen molar-refractivity contribution in [1.29, 1.82) is 0 Å². The second kappa shape index (κ2) is 7.93. The number of hydrogen-bond donors (Lipinski definition) is 2. The Morgan fingerprint density at radius 2 is 2.09 bits per heavy atom. The molecule has 0 spiro atoms. The number of nitrogens with one attached hydrogen (secondary N) is 2. The van der Waals surface area contributed by atoms with Crippen LogP contribution in [0.2, 0.25) is 0 Å². The maximum atomic E-state index is 14.4. The number of anilines is 1. The maximum Gasteiger partial charge on any atom is 0.224 e. The molecule has 1 aliphatic carbocycles. The van der Waals surface area contributed by atoms with Crippen LogP contribution in [0.5, 0.6) is 0 Å². The lowest BCUT2D eigenvalue weighted by Crippen LogP contribution is -2.25. The summed E-state index contributed by atoms with van der Waals surface area (Å²) >= 11 is 0. The molecule has 1 fully saturated rings. The van der Waals surface area contributed by atoms with Crippen LogP contribution in [0.25, 0.3) is 0 Å². The summed E-state index contributed by atoms with van der Waals surface area (Å²) in [5.74, 6) is 0.383. The summed E-state index contributed by atoms with van der Waals surface area (Å²) < 4.78 is 14.4. The Balaban J connectivity index is 0.00000176. The van der Waals surface area contributed by atoms with Crippen molar-refractivity contribution < 1.29 is 9.18 Å². The Morgan fingerprint density at radius 1 is 1.32 bits per heavy atom. The van der Waals surface area contributed by atoms with E-state index in [9.17, 15) is 9.18 Å². The van der Waals surface area contributed by atoms with Crippen LogP contribution in [0.15, 0.2) is 12.1 Å². The average Bonchev–Trinajstić information content (AvgIpc) is 3.02. The van der Waals surface area contributed by atoms with Gasteiger partial charge < -0.3 is 10.6 Å². The molecule has 1 amide bonds. The van der Waals surface area contributed by atoms with Crippen LogP contribution in [0, 0.1) is 11.7 Å². The molecule has 0 saturated heterocycles. The topological polar surface area (TPSA) is 41.1 Å². The summed E-state index contributed by atoms with van der Waals surface area (Å²) in [5.41, 5.74) is 2.09. The van der Waals surface area contributed by atoms with Crippen molar-refractivity contribution in [2.24, 2.45) is 5.92 Å². The van der Waals surface area contributed by atoms with Crippen molar-refractivity contribution in [1.82, 2.24) is 5.32 Å². The van der Waals surface area contributed by atoms with Crippen LogP contribution in [-0.2, 0) is 17.8 Å². The SMILES string of the molecule is Cl.O=C(CCC1CCCC1)Nc1ccc2c(c1F)CCNC2. The fourth-order valence-corrected chi connectivity index (χ4v) is 3.48. The molecule has 5 heteroatoms. The van der Waals surface area contributed by atoms with Gasteiger partial charge in [-0.1, -0.05) is 31.7 Å². The highest BCUT2D eigenvalue weighted by Gasteiger charge is 2.19. The first-order valence-electron chi connectivity index (χ1n) is 8.05. The Kier molecular flexibility index (Phi) is 6.21. The lowest BCUT2D eigenvalue weighted by molar-refractivity contribution is -0.116. The monoisotopic (exact) mass is 326 g/mol. The highest BCUT2D eigenvalue weighted by atomic mass is 35.5. The summed E-state index contributed by atoms with van der Waals surface area (Å²) in [4.78, 5) is 12.0. The van der Waals surface area contributed by atoms with Crippen molar-refractivity contribution in [3.05, 3.63) is 29.1 Å². The highest BCUT2D eigenvalue weighted by Crippen LogP contribution is 2.29. The smallest absolute Gasteiger partial charge is 0.224 e. The number of rotatable bonds is 4. The van der Waals surface area contributed by atoms with Gasteiger partial charge in [0.2, 0.25) is 5.91 Å². The van der Waals surface area contributed by atoms with Gasteiger partial charge in [0.15, 0.2) is 0 Å². The van der Waals surface area contributed by atoms with Gasteiger partial charge in [0, 0.05) is 13.0 Å². The lowest BCUT2D eigenvalue weighted by Gasteiger charge is -2.19. The van der Waals surface area contributed by atoms with E-state index in [-0.39, 0.29) is 24.1 Å². The fraction of sp³-hybridized carbons (Fsp3) is 0.588. The van der Waals surface area contributed by atoms with Gasteiger partial charge in [-0.2, -0.15) is 0 Å². The molecule has 2 aliphatic rings. The second-order valence-corrected chi connectivity index (χ2v) is 6.23. The lowest BCUT2D eigenvalue weighted by atomic mass is 9.99. The molecule has 3 nitrogen and oxygen atoms in total. The Labute approximate surface area is 137 Å². The molecule has 1 heterocycles. The minimum absolute atomic E-state index is 0. The van der Waals surface area contributed by atoms with Gasteiger partial charge in [0.05, 0.1) is 5.69 Å². The van der Waals surface area contributed by atoms with Crippen LogP contribution >= 0.6 is 12.4 Å². The summed E-state index contributed by atoms with van der Waals surface area (Å²) in [7, 11) is 0. The summed E-state index contributed by atoms with van der Waals surface area (Å²) in [6, 6.07) is 3.60. The number of carbonyl (C=O) groups is 1. The van der Waals surface area contributed by atoms with Gasteiger partial charge >= 0.3 is 0 Å². The van der Waals surface area contributed by atoms with E-state index in [0.717, 1.165) is 24.1 Å². The van der Waals surface area contributed by atoms with Gasteiger partial charge in [-0.05, 0) is 42.5 Å². The fourth-order valence-electron chi connectivity index (χ4n) is 3.48. The normalized spacial score (nSPS) is 17.7. The first-order valence-corrected chi connectivity index (χ1v) is 8.05. The third kappa shape index (κ3) is 3.99. The van der Waals surface area contributed by atoms with E-state index in [1.165, 1.54) is 25.7 Å². The number of benzene rings is 1. The molecule has 3 rings (SSSR count). The van der Waals surface area contributed by atoms with E-state index in [0.29, 0.717) is 31.0 Å². The molecular formula is C17H24ClFN2O. The Morgan fingerprint density at radius 3 is 2.86 bits per heavy atom. The quantitative estimate of drug-likeness (QED) is 0.883. The number of halogens is 2. The van der Waals surface area contributed by atoms with E-state index < -0.39 is 0 Å². The standard InChI is InChI=1S/C17H23FN2O.ClH/c18-17-14-9-10-19-11-13(14)6-7-15(17)20-16(21)8-5-12-3-1-2-4-12;/h6-7,12,19H,1-5,8-11H2,(H,20,21);1H. The molecule has 1 aromatic rings. The molecular weight excluding hydrogens is 303 g/mol. The molecule has 0 radical (unpaired) electrons. The van der Waals surface area contributed by atoms with Gasteiger partial charge in [0.1, 0.15) is 5.82 Å². The zero-order valence-electron chi connectivity index (χ0n) is 12.8. The van der Waals surface area contributed by atoms with Crippen molar-refractivity contribution >= 4 is 24.0 Å². The molecule has 0 bridgehead atoms. The van der Waals surface area contributed by atoms with Gasteiger partial charge in [0.25, 0.3) is 0 Å². The predicted octanol–water partition coefficient (Wildman–Crippen LogP) is 3.80. The Hall–Kier alpha value is -1.13. The van der Waals surface area contributed by atoms with E-state index in [4.69, 9.17) is 0 Å². The summed E-state index contributed by atoms with van der Waals surface area (Å²) in [6.45, 7) is 1.51. The molecule has 1 saturated carbocycles. The highest BCUT2D eigenvalue weighted by molar-refractivity contribution is 5.91. The van der Waals surface area contributed by atoms with Crippen LogP contribution in [0.1, 0.15) is 49.7 Å². The number of fused-ring (bicyclic) bond motifs is 1. The van der Waals surface area contributed by atoms with E-state index in [2.05, 4.69) is 10.6 Å². The average molecular weight is 327 g/mol. The maximum absolute atomic E-state index is 14.4. The summed E-state index contributed by atoms with van der Waals surface area (Å²) in [6.07, 6.45) is 7.19. The number of hydrogen-bond acceptors (Lipinski definition) is 2. The zero-order valence-corrected chi connectivity index (χ0v) is 13.6. The van der Waals surface area contributed by atoms with Crippen molar-refractivity contribution in [3.63, 3.8) is 0 Å². The molecule has 0 aromatic heterocycles. The number of carbonyl (C=O) groups excluding carboxylic acids is 1. The molecule has 0 atom stereocenters. The first-order chi connectivity index (χ1) is 10.2. The molecule has 1 aromatic carbocycles. The molecule has 1 aliphatic heterocycles. The van der Waals surface area contributed by atoms with E-state index in [1.54, 1.807) is 6.07 Å². The van der Waals surface area contributed by atoms with Gasteiger partial charge in [-0.15, -0.1) is 12.4 Å². The first kappa shape index (κ1) is 17.2. The third-order valence-corrected chi connectivity index (χ3v) is 4.74. The van der Waals surface area contributed by atoms with Crippen LogP contribution in [0.4, 0.5) is 10.1 Å². The van der Waals surface area contributed by atoms with Gasteiger partial charge in [-0.3, -0.25) is 4.79 Å². The predicted molar refractivity (Wildman–Crippen MR) is 88.9 cm³/mol. The molecule has 0 unspecified atom stereocenters. The van der Waals surface area contributed by atoms with Gasteiger partial charge in [-0.25, -0.2) is 4.39 Å². The Bertz CT molecular complexity index is 530. The second-order valence-electron chi connectivity index (χ2n) is 6.23. The van der Waals surface area contributed by atoms with Crippen molar-refractivity contribution in [2.75, 3.05) is 11.9 Å². The molecule has 22 heavy (non-hydrogen) atoms. The summed E-state index contributed by atoms with van der Waals surface area (Å²) in [5, 5.41) is 5.98. The minimum atomic E-state index is -0.247. The van der Waals surface area contributed by atoms with Crippen LogP contribution in [0.3, 0.4) is 0 Å². The third-order valence-electron chi connectivity index (χ3n) is 4.74. The van der Waals surface area contributed by atoms with Crippen molar-refractivity contribution in [3.8, 4) is 0 Å². The molecule has 122 valence electrons. The minimum Gasteiger partial charge on any atom is -0.324 e. The van der Waals surface area contributed by atoms with Crippen LogP contribution in [-0.4, -0.2) is 12.5 Å². The molecule has 2 N–H and O–H groups in total.